The minimum atomic E-state index is -0.649. The molecule has 1 amide bonds. The third-order valence-corrected chi connectivity index (χ3v) is 2.59. The van der Waals surface area contributed by atoms with Gasteiger partial charge in [0, 0.05) is 13.7 Å². The summed E-state index contributed by atoms with van der Waals surface area (Å²) in [5.74, 6) is 1.18. The van der Waals surface area contributed by atoms with Crippen LogP contribution < -0.4 is 20.5 Å². The van der Waals surface area contributed by atoms with Gasteiger partial charge in [-0.2, -0.15) is 0 Å². The number of rotatable bonds is 5. The van der Waals surface area contributed by atoms with Crippen LogP contribution in [0.1, 0.15) is 5.56 Å². The first-order valence-electron chi connectivity index (χ1n) is 5.61. The summed E-state index contributed by atoms with van der Waals surface area (Å²) in [6.07, 6.45) is 0. The first kappa shape index (κ1) is 15.6. The molecule has 1 aliphatic rings. The van der Waals surface area contributed by atoms with Crippen molar-refractivity contribution in [1.82, 2.24) is 5.32 Å². The largest absolute Gasteiger partial charge is 0.454 e. The van der Waals surface area contributed by atoms with Crippen LogP contribution in [0.25, 0.3) is 0 Å². The molecule has 3 N–H and O–H groups in total. The number of fused-ring (bicyclic) bond motifs is 1. The number of hydrogen-bond acceptors (Lipinski definition) is 5. The summed E-state index contributed by atoms with van der Waals surface area (Å²) in [5.41, 5.74) is 6.53. The van der Waals surface area contributed by atoms with Crippen LogP contribution in [-0.4, -0.2) is 32.5 Å². The molecule has 0 bridgehead atoms. The number of carbonyl (C=O) groups is 1. The number of hydrogen-bond donors (Lipinski definition) is 2. The van der Waals surface area contributed by atoms with Crippen LogP contribution in [0, 0.1) is 0 Å². The highest BCUT2D eigenvalue weighted by Gasteiger charge is 2.15. The van der Waals surface area contributed by atoms with Crippen LogP contribution in [0.3, 0.4) is 0 Å². The van der Waals surface area contributed by atoms with Gasteiger partial charge >= 0.3 is 0 Å². The minimum Gasteiger partial charge on any atom is -0.454 e. The predicted molar refractivity (Wildman–Crippen MR) is 71.5 cm³/mol. The Morgan fingerprint density at radius 2 is 2.21 bits per heavy atom. The van der Waals surface area contributed by atoms with Gasteiger partial charge in [-0.1, -0.05) is 6.07 Å². The van der Waals surface area contributed by atoms with E-state index in [0.29, 0.717) is 12.3 Å². The monoisotopic (exact) mass is 288 g/mol. The fourth-order valence-electron chi connectivity index (χ4n) is 1.63. The summed E-state index contributed by atoms with van der Waals surface area (Å²) in [7, 11) is 1.50. The predicted octanol–water partition coefficient (Wildman–Crippen LogP) is 0.427. The van der Waals surface area contributed by atoms with E-state index in [1.54, 1.807) is 0 Å². The van der Waals surface area contributed by atoms with Crippen LogP contribution in [0.2, 0.25) is 0 Å². The van der Waals surface area contributed by atoms with Gasteiger partial charge in [-0.3, -0.25) is 4.79 Å². The van der Waals surface area contributed by atoms with Crippen molar-refractivity contribution in [3.63, 3.8) is 0 Å². The number of ether oxygens (including phenoxy) is 3. The van der Waals surface area contributed by atoms with Gasteiger partial charge in [0.25, 0.3) is 0 Å². The Hall–Kier alpha value is -1.50. The smallest absolute Gasteiger partial charge is 0.239 e. The summed E-state index contributed by atoms with van der Waals surface area (Å²) < 4.78 is 15.3. The molecule has 1 aromatic rings. The van der Waals surface area contributed by atoms with Crippen molar-refractivity contribution < 1.29 is 19.0 Å². The second kappa shape index (κ2) is 7.18. The highest BCUT2D eigenvalue weighted by atomic mass is 35.5. The van der Waals surface area contributed by atoms with Gasteiger partial charge in [-0.15, -0.1) is 12.4 Å². The van der Waals surface area contributed by atoms with Gasteiger partial charge in [0.1, 0.15) is 6.04 Å². The van der Waals surface area contributed by atoms with Gasteiger partial charge in [-0.05, 0) is 17.7 Å². The van der Waals surface area contributed by atoms with E-state index in [0.717, 1.165) is 11.3 Å². The summed E-state index contributed by atoms with van der Waals surface area (Å²) >= 11 is 0. The topological polar surface area (TPSA) is 82.8 Å². The van der Waals surface area contributed by atoms with Gasteiger partial charge in [0.15, 0.2) is 11.5 Å². The maximum Gasteiger partial charge on any atom is 0.239 e. The Labute approximate surface area is 117 Å². The Morgan fingerprint density at radius 1 is 1.47 bits per heavy atom. The first-order valence-corrected chi connectivity index (χ1v) is 5.61. The van der Waals surface area contributed by atoms with E-state index >= 15 is 0 Å². The number of nitrogens with one attached hydrogen (secondary N) is 1. The zero-order chi connectivity index (χ0) is 13.0. The molecular formula is C12H17ClN2O4. The number of carbonyl (C=O) groups excluding carboxylic acids is 1. The maximum absolute atomic E-state index is 11.6. The summed E-state index contributed by atoms with van der Waals surface area (Å²) in [6, 6.07) is 4.88. The van der Waals surface area contributed by atoms with Crippen LogP contribution in [0.4, 0.5) is 0 Å². The summed E-state index contributed by atoms with van der Waals surface area (Å²) in [4.78, 5) is 11.6. The van der Waals surface area contributed by atoms with Crippen molar-refractivity contribution in [1.29, 1.82) is 0 Å². The molecule has 0 spiro atoms. The van der Waals surface area contributed by atoms with E-state index in [9.17, 15) is 4.79 Å². The Bertz CT molecular complexity index is 442. The van der Waals surface area contributed by atoms with E-state index < -0.39 is 6.04 Å². The molecule has 0 aliphatic carbocycles. The highest BCUT2D eigenvalue weighted by molar-refractivity contribution is 5.85. The third kappa shape index (κ3) is 3.99. The number of halogens is 1. The minimum absolute atomic E-state index is 0. The molecule has 106 valence electrons. The Morgan fingerprint density at radius 3 is 2.95 bits per heavy atom. The van der Waals surface area contributed by atoms with Crippen molar-refractivity contribution in [2.24, 2.45) is 5.73 Å². The Balaban J connectivity index is 0.00000180. The van der Waals surface area contributed by atoms with Crippen LogP contribution in [-0.2, 0) is 16.1 Å². The first-order chi connectivity index (χ1) is 8.70. The molecule has 1 aliphatic heterocycles. The maximum atomic E-state index is 11.6. The van der Waals surface area contributed by atoms with Gasteiger partial charge in [0.05, 0.1) is 6.61 Å². The lowest BCUT2D eigenvalue weighted by molar-refractivity contribution is -0.123. The third-order valence-electron chi connectivity index (χ3n) is 2.59. The normalized spacial score (nSPS) is 13.6. The number of methoxy groups -OCH3 is 1. The SMILES string of the molecule is COCC(N)C(=O)NCc1ccc2c(c1)OCO2.Cl. The van der Waals surface area contributed by atoms with Crippen LogP contribution in [0.15, 0.2) is 18.2 Å². The average Bonchev–Trinajstić information content (AvgIpc) is 2.83. The molecule has 1 atom stereocenters. The zero-order valence-electron chi connectivity index (χ0n) is 10.5. The summed E-state index contributed by atoms with van der Waals surface area (Å²) in [5, 5.41) is 2.73. The van der Waals surface area contributed by atoms with Crippen molar-refractivity contribution in [2.45, 2.75) is 12.6 Å². The second-order valence-corrected chi connectivity index (χ2v) is 3.97. The molecule has 6 nitrogen and oxygen atoms in total. The highest BCUT2D eigenvalue weighted by Crippen LogP contribution is 2.32. The van der Waals surface area contributed by atoms with E-state index in [1.165, 1.54) is 7.11 Å². The Kier molecular flexibility index (Phi) is 5.88. The zero-order valence-corrected chi connectivity index (χ0v) is 11.4. The van der Waals surface area contributed by atoms with Crippen molar-refractivity contribution in [3.8, 4) is 11.5 Å². The van der Waals surface area contributed by atoms with Crippen molar-refractivity contribution in [2.75, 3.05) is 20.5 Å². The van der Waals surface area contributed by atoms with Crippen LogP contribution >= 0.6 is 12.4 Å². The molecule has 19 heavy (non-hydrogen) atoms. The lowest BCUT2D eigenvalue weighted by Gasteiger charge is -2.11. The van der Waals surface area contributed by atoms with Gasteiger partial charge in [0.2, 0.25) is 12.7 Å². The molecule has 1 unspecified atom stereocenters. The molecule has 1 aromatic carbocycles. The molecule has 0 saturated heterocycles. The fraction of sp³-hybridized carbons (Fsp3) is 0.417. The molecule has 0 fully saturated rings. The standard InChI is InChI=1S/C12H16N2O4.ClH/c1-16-6-9(13)12(15)14-5-8-2-3-10-11(4-8)18-7-17-10;/h2-4,9H,5-7,13H2,1H3,(H,14,15);1H. The molecule has 1 heterocycles. The van der Waals surface area contributed by atoms with Gasteiger partial charge in [-0.25, -0.2) is 0 Å². The van der Waals surface area contributed by atoms with Crippen molar-refractivity contribution in [3.05, 3.63) is 23.8 Å². The molecule has 0 radical (unpaired) electrons. The van der Waals surface area contributed by atoms with Gasteiger partial charge < -0.3 is 25.3 Å². The number of amides is 1. The van der Waals surface area contributed by atoms with E-state index in [2.05, 4.69) is 5.32 Å². The number of benzene rings is 1. The van der Waals surface area contributed by atoms with E-state index in [-0.39, 0.29) is 31.7 Å². The summed E-state index contributed by atoms with van der Waals surface area (Å²) in [6.45, 7) is 0.837. The molecule has 2 rings (SSSR count). The second-order valence-electron chi connectivity index (χ2n) is 3.97. The van der Waals surface area contributed by atoms with E-state index in [1.807, 2.05) is 18.2 Å². The quantitative estimate of drug-likeness (QED) is 0.821. The average molecular weight is 289 g/mol. The lowest BCUT2D eigenvalue weighted by Crippen LogP contribution is -2.43. The molecule has 7 heteroatoms. The molecule has 0 aromatic heterocycles. The van der Waals surface area contributed by atoms with E-state index in [4.69, 9.17) is 19.9 Å². The van der Waals surface area contributed by atoms with Crippen LogP contribution in [0.5, 0.6) is 11.5 Å². The molecular weight excluding hydrogens is 272 g/mol. The number of nitrogens with two attached hydrogens (primary N) is 1. The van der Waals surface area contributed by atoms with Crippen molar-refractivity contribution >= 4 is 18.3 Å². The molecule has 0 saturated carbocycles. The lowest BCUT2D eigenvalue weighted by atomic mass is 10.2. The fourth-order valence-corrected chi connectivity index (χ4v) is 1.63.